The molecular weight excluding hydrogens is 240 g/mol. The molecule has 0 aromatic carbocycles. The summed E-state index contributed by atoms with van der Waals surface area (Å²) in [4.78, 5) is 2.42. The van der Waals surface area contributed by atoms with Gasteiger partial charge in [-0.15, -0.1) is 0 Å². The van der Waals surface area contributed by atoms with Crippen LogP contribution < -0.4 is 5.32 Å². The molecule has 1 atom stereocenters. The first-order valence-corrected chi connectivity index (χ1v) is 7.68. The van der Waals surface area contributed by atoms with Crippen molar-refractivity contribution < 1.29 is 9.84 Å². The number of rotatable bonds is 11. The van der Waals surface area contributed by atoms with Crippen molar-refractivity contribution in [3.05, 3.63) is 0 Å². The molecule has 0 heterocycles. The van der Waals surface area contributed by atoms with Gasteiger partial charge in [-0.1, -0.05) is 6.92 Å². The SMILES string of the molecule is CCCNC(CO)(CN(CCOC)C(C)C)C1CC1. The Bertz CT molecular complexity index is 244. The van der Waals surface area contributed by atoms with E-state index in [2.05, 4.69) is 31.0 Å². The molecule has 1 rings (SSSR count). The Morgan fingerprint density at radius 2 is 2.11 bits per heavy atom. The molecule has 1 saturated carbocycles. The molecule has 0 aliphatic heterocycles. The number of aliphatic hydroxyl groups excluding tert-OH is 1. The van der Waals surface area contributed by atoms with Crippen LogP contribution in [0.5, 0.6) is 0 Å². The maximum absolute atomic E-state index is 9.95. The standard InChI is InChI=1S/C15H32N2O2/c1-5-8-16-15(12-18,14-6-7-14)11-17(13(2)3)9-10-19-4/h13-14,16,18H,5-12H2,1-4H3. The van der Waals surface area contributed by atoms with Crippen LogP contribution in [-0.4, -0.2) is 61.5 Å². The Morgan fingerprint density at radius 1 is 1.42 bits per heavy atom. The van der Waals surface area contributed by atoms with Crippen LogP contribution in [0.3, 0.4) is 0 Å². The van der Waals surface area contributed by atoms with E-state index < -0.39 is 0 Å². The van der Waals surface area contributed by atoms with Crippen molar-refractivity contribution in [3.8, 4) is 0 Å². The van der Waals surface area contributed by atoms with E-state index in [1.807, 2.05) is 0 Å². The smallest absolute Gasteiger partial charge is 0.0628 e. The third kappa shape index (κ3) is 5.03. The molecule has 19 heavy (non-hydrogen) atoms. The monoisotopic (exact) mass is 272 g/mol. The summed E-state index contributed by atoms with van der Waals surface area (Å²) >= 11 is 0. The Labute approximate surface area is 118 Å². The molecule has 0 amide bonds. The van der Waals surface area contributed by atoms with Crippen LogP contribution in [0.25, 0.3) is 0 Å². The number of aliphatic hydroxyl groups is 1. The van der Waals surface area contributed by atoms with Crippen LogP contribution in [0, 0.1) is 5.92 Å². The number of hydrogen-bond donors (Lipinski definition) is 2. The predicted molar refractivity (Wildman–Crippen MR) is 79.4 cm³/mol. The zero-order valence-electron chi connectivity index (χ0n) is 13.1. The molecule has 1 fully saturated rings. The van der Waals surface area contributed by atoms with E-state index in [9.17, 15) is 5.11 Å². The summed E-state index contributed by atoms with van der Waals surface area (Å²) in [7, 11) is 1.74. The molecule has 1 aliphatic carbocycles. The van der Waals surface area contributed by atoms with Crippen molar-refractivity contribution in [1.82, 2.24) is 10.2 Å². The zero-order chi connectivity index (χ0) is 14.3. The van der Waals surface area contributed by atoms with Gasteiger partial charge in [-0.2, -0.15) is 0 Å². The van der Waals surface area contributed by atoms with Crippen LogP contribution in [0.2, 0.25) is 0 Å². The van der Waals surface area contributed by atoms with Crippen LogP contribution in [-0.2, 0) is 4.74 Å². The summed E-state index contributed by atoms with van der Waals surface area (Å²) in [6.07, 6.45) is 3.59. The van der Waals surface area contributed by atoms with Gasteiger partial charge >= 0.3 is 0 Å². The Kier molecular flexibility index (Phi) is 7.29. The van der Waals surface area contributed by atoms with E-state index in [1.54, 1.807) is 7.11 Å². The van der Waals surface area contributed by atoms with Crippen molar-refractivity contribution in [2.75, 3.05) is 40.0 Å². The third-order valence-corrected chi connectivity index (χ3v) is 4.17. The molecule has 1 aliphatic rings. The van der Waals surface area contributed by atoms with Gasteiger partial charge in [-0.05, 0) is 45.6 Å². The summed E-state index contributed by atoms with van der Waals surface area (Å²) in [5, 5.41) is 13.6. The number of hydrogen-bond acceptors (Lipinski definition) is 4. The van der Waals surface area contributed by atoms with Gasteiger partial charge in [0.2, 0.25) is 0 Å². The fraction of sp³-hybridized carbons (Fsp3) is 1.00. The first-order valence-electron chi connectivity index (χ1n) is 7.68. The molecule has 114 valence electrons. The van der Waals surface area contributed by atoms with Gasteiger partial charge in [0.15, 0.2) is 0 Å². The van der Waals surface area contributed by atoms with Gasteiger partial charge in [-0.3, -0.25) is 4.90 Å². The van der Waals surface area contributed by atoms with Crippen molar-refractivity contribution in [2.45, 2.75) is 51.6 Å². The summed E-state index contributed by atoms with van der Waals surface area (Å²) in [6.45, 7) is 10.4. The average molecular weight is 272 g/mol. The Hall–Kier alpha value is -0.160. The molecule has 4 nitrogen and oxygen atoms in total. The zero-order valence-corrected chi connectivity index (χ0v) is 13.1. The second kappa shape index (κ2) is 8.20. The van der Waals surface area contributed by atoms with Gasteiger partial charge in [-0.25, -0.2) is 0 Å². The lowest BCUT2D eigenvalue weighted by Crippen LogP contribution is -2.59. The van der Waals surface area contributed by atoms with E-state index in [-0.39, 0.29) is 12.1 Å². The molecule has 0 aromatic rings. The van der Waals surface area contributed by atoms with Gasteiger partial charge in [0.25, 0.3) is 0 Å². The average Bonchev–Trinajstić information content (AvgIpc) is 3.23. The van der Waals surface area contributed by atoms with Crippen molar-refractivity contribution in [2.24, 2.45) is 5.92 Å². The fourth-order valence-corrected chi connectivity index (χ4v) is 2.66. The summed E-state index contributed by atoms with van der Waals surface area (Å²) in [6, 6.07) is 0.475. The van der Waals surface area contributed by atoms with Crippen molar-refractivity contribution in [1.29, 1.82) is 0 Å². The lowest BCUT2D eigenvalue weighted by Gasteiger charge is -2.40. The minimum atomic E-state index is -0.117. The van der Waals surface area contributed by atoms with Gasteiger partial charge in [0.1, 0.15) is 0 Å². The van der Waals surface area contributed by atoms with Crippen molar-refractivity contribution in [3.63, 3.8) is 0 Å². The molecule has 0 spiro atoms. The summed E-state index contributed by atoms with van der Waals surface area (Å²) in [5.41, 5.74) is -0.117. The third-order valence-electron chi connectivity index (χ3n) is 4.17. The second-order valence-electron chi connectivity index (χ2n) is 6.07. The second-order valence-corrected chi connectivity index (χ2v) is 6.07. The highest BCUT2D eigenvalue weighted by atomic mass is 16.5. The van der Waals surface area contributed by atoms with E-state index in [4.69, 9.17) is 4.74 Å². The number of ether oxygens (including phenoxy) is 1. The normalized spacial score (nSPS) is 19.1. The first kappa shape index (κ1) is 16.9. The van der Waals surface area contributed by atoms with Crippen LogP contribution >= 0.6 is 0 Å². The van der Waals surface area contributed by atoms with Gasteiger partial charge in [0.05, 0.1) is 18.8 Å². The predicted octanol–water partition coefficient (Wildman–Crippen LogP) is 1.48. The minimum Gasteiger partial charge on any atom is -0.394 e. The summed E-state index contributed by atoms with van der Waals surface area (Å²) < 4.78 is 5.20. The van der Waals surface area contributed by atoms with Crippen LogP contribution in [0.15, 0.2) is 0 Å². The van der Waals surface area contributed by atoms with Gasteiger partial charge in [0, 0.05) is 26.2 Å². The minimum absolute atomic E-state index is 0.117. The molecule has 0 radical (unpaired) electrons. The van der Waals surface area contributed by atoms with E-state index in [0.717, 1.165) is 32.7 Å². The lowest BCUT2D eigenvalue weighted by atomic mass is 9.92. The van der Waals surface area contributed by atoms with E-state index in [0.29, 0.717) is 12.0 Å². The molecular formula is C15H32N2O2. The summed E-state index contributed by atoms with van der Waals surface area (Å²) in [5.74, 6) is 0.632. The molecule has 0 saturated heterocycles. The molecule has 0 bridgehead atoms. The molecule has 0 aromatic heterocycles. The highest BCUT2D eigenvalue weighted by Gasteiger charge is 2.45. The Morgan fingerprint density at radius 3 is 2.53 bits per heavy atom. The van der Waals surface area contributed by atoms with Crippen LogP contribution in [0.1, 0.15) is 40.0 Å². The van der Waals surface area contributed by atoms with Crippen molar-refractivity contribution >= 4 is 0 Å². The topological polar surface area (TPSA) is 44.7 Å². The number of methoxy groups -OCH3 is 1. The molecule has 1 unspecified atom stereocenters. The quantitative estimate of drug-likeness (QED) is 0.598. The lowest BCUT2D eigenvalue weighted by molar-refractivity contribution is 0.0594. The van der Waals surface area contributed by atoms with E-state index >= 15 is 0 Å². The molecule has 2 N–H and O–H groups in total. The fourth-order valence-electron chi connectivity index (χ4n) is 2.66. The highest BCUT2D eigenvalue weighted by molar-refractivity contribution is 5.03. The van der Waals surface area contributed by atoms with E-state index in [1.165, 1.54) is 12.8 Å². The van der Waals surface area contributed by atoms with Gasteiger partial charge < -0.3 is 15.2 Å². The first-order chi connectivity index (χ1) is 9.09. The maximum atomic E-state index is 9.95. The van der Waals surface area contributed by atoms with Crippen LogP contribution in [0.4, 0.5) is 0 Å². The Balaban J connectivity index is 2.66. The number of nitrogens with one attached hydrogen (secondary N) is 1. The number of nitrogens with zero attached hydrogens (tertiary/aromatic N) is 1. The largest absolute Gasteiger partial charge is 0.394 e. The maximum Gasteiger partial charge on any atom is 0.0628 e. The molecule has 4 heteroatoms. The highest BCUT2D eigenvalue weighted by Crippen LogP contribution is 2.40.